The monoisotopic (exact) mass is 576 g/mol. The lowest BCUT2D eigenvalue weighted by molar-refractivity contribution is 1.13. The first-order chi connectivity index (χ1) is 21.3. The van der Waals surface area contributed by atoms with Crippen molar-refractivity contribution < 1.29 is 0 Å². The van der Waals surface area contributed by atoms with Crippen LogP contribution in [0.1, 0.15) is 11.1 Å². The lowest BCUT2D eigenvalue weighted by Gasteiger charge is -2.16. The van der Waals surface area contributed by atoms with Crippen LogP contribution in [0, 0.1) is 13.8 Å². The Balaban J connectivity index is 1.46. The molecule has 0 N–H and O–H groups in total. The molecule has 44 heavy (non-hydrogen) atoms. The molecule has 0 atom stereocenters. The highest BCUT2D eigenvalue weighted by molar-refractivity contribution is 6.07. The van der Waals surface area contributed by atoms with E-state index in [0.29, 0.717) is 0 Å². The molecule has 6 aromatic carbocycles. The minimum absolute atomic E-state index is 0.817. The number of benzene rings is 6. The quantitative estimate of drug-likeness (QED) is 0.177. The van der Waals surface area contributed by atoms with Gasteiger partial charge in [0.15, 0.2) is 0 Å². The van der Waals surface area contributed by atoms with Crippen molar-refractivity contribution in [1.82, 2.24) is 0 Å². The molecule has 6 heteroatoms. The van der Waals surface area contributed by atoms with Crippen molar-refractivity contribution in [2.45, 2.75) is 13.8 Å². The fourth-order valence-electron chi connectivity index (χ4n) is 5.55. The van der Waals surface area contributed by atoms with Crippen molar-refractivity contribution in [3.05, 3.63) is 120 Å². The summed E-state index contributed by atoms with van der Waals surface area (Å²) < 4.78 is 0. The minimum atomic E-state index is 0.817. The van der Waals surface area contributed by atoms with Gasteiger partial charge in [-0.25, -0.2) is 0 Å². The van der Waals surface area contributed by atoms with Crippen LogP contribution in [0.3, 0.4) is 0 Å². The van der Waals surface area contributed by atoms with Gasteiger partial charge in [0.05, 0.1) is 22.7 Å². The Morgan fingerprint density at radius 1 is 0.455 bits per heavy atom. The second-order valence-electron chi connectivity index (χ2n) is 11.5. The largest absolute Gasteiger partial charge is 0.378 e. The van der Waals surface area contributed by atoms with E-state index in [-0.39, 0.29) is 0 Å². The van der Waals surface area contributed by atoms with E-state index in [2.05, 4.69) is 119 Å². The summed E-state index contributed by atoms with van der Waals surface area (Å²) in [6.45, 7) is 4.24. The zero-order chi connectivity index (χ0) is 30.8. The molecule has 6 nitrogen and oxygen atoms in total. The van der Waals surface area contributed by atoms with Gasteiger partial charge in [-0.15, -0.1) is 10.2 Å². The zero-order valence-corrected chi connectivity index (χ0v) is 26.1. The summed E-state index contributed by atoms with van der Waals surface area (Å²) in [5.74, 6) is 0. The molecule has 0 fully saturated rings. The number of rotatable bonds is 7. The van der Waals surface area contributed by atoms with E-state index in [0.717, 1.165) is 77.9 Å². The average Bonchev–Trinajstić information content (AvgIpc) is 3.04. The number of fused-ring (bicyclic) bond motifs is 2. The Bertz CT molecular complexity index is 2020. The molecule has 0 heterocycles. The summed E-state index contributed by atoms with van der Waals surface area (Å²) in [4.78, 5) is 4.14. The van der Waals surface area contributed by atoms with Gasteiger partial charge in [-0.05, 0) is 108 Å². The molecule has 0 bridgehead atoms. The first-order valence-corrected chi connectivity index (χ1v) is 14.7. The van der Waals surface area contributed by atoms with Crippen molar-refractivity contribution >= 4 is 55.7 Å². The zero-order valence-electron chi connectivity index (χ0n) is 26.1. The third kappa shape index (κ3) is 5.66. The first kappa shape index (κ1) is 28.7. The molecule has 0 aliphatic rings. The van der Waals surface area contributed by atoms with E-state index in [4.69, 9.17) is 10.2 Å². The first-order valence-electron chi connectivity index (χ1n) is 14.7. The highest BCUT2D eigenvalue weighted by Gasteiger charge is 2.17. The third-order valence-corrected chi connectivity index (χ3v) is 8.04. The highest BCUT2D eigenvalue weighted by atomic mass is 15.1. The van der Waals surface area contributed by atoms with Gasteiger partial charge in [0.25, 0.3) is 0 Å². The number of nitrogens with zero attached hydrogens (tertiary/aromatic N) is 6. The van der Waals surface area contributed by atoms with Gasteiger partial charge in [0, 0.05) is 50.3 Å². The topological polar surface area (TPSA) is 55.9 Å². The maximum absolute atomic E-state index is 4.84. The Hall–Kier alpha value is -5.36. The van der Waals surface area contributed by atoms with Gasteiger partial charge in [-0.3, -0.25) is 0 Å². The molecule has 0 aliphatic carbocycles. The van der Waals surface area contributed by atoms with Crippen molar-refractivity contribution in [3.63, 3.8) is 0 Å². The Kier molecular flexibility index (Phi) is 7.90. The van der Waals surface area contributed by atoms with Crippen molar-refractivity contribution in [2.24, 2.45) is 20.5 Å². The molecule has 0 saturated heterocycles. The van der Waals surface area contributed by atoms with E-state index in [1.807, 2.05) is 52.5 Å². The van der Waals surface area contributed by atoms with Crippen molar-refractivity contribution in [3.8, 4) is 11.1 Å². The molecule has 0 unspecified atom stereocenters. The molecule has 0 spiro atoms. The van der Waals surface area contributed by atoms with Crippen LogP contribution in [-0.2, 0) is 0 Å². The third-order valence-electron chi connectivity index (χ3n) is 8.04. The lowest BCUT2D eigenvalue weighted by Crippen LogP contribution is -2.07. The molecular formula is C38H36N6. The molecule has 6 aromatic rings. The molecule has 6 rings (SSSR count). The van der Waals surface area contributed by atoms with Crippen LogP contribution in [0.15, 0.2) is 130 Å². The van der Waals surface area contributed by atoms with Gasteiger partial charge in [-0.1, -0.05) is 48.5 Å². The van der Waals surface area contributed by atoms with Crippen LogP contribution in [0.25, 0.3) is 32.7 Å². The van der Waals surface area contributed by atoms with Gasteiger partial charge in [0.2, 0.25) is 0 Å². The second kappa shape index (κ2) is 12.1. The van der Waals surface area contributed by atoms with Gasteiger partial charge in [0.1, 0.15) is 0 Å². The van der Waals surface area contributed by atoms with Crippen LogP contribution in [0.2, 0.25) is 0 Å². The molecule has 0 aliphatic heterocycles. The highest BCUT2D eigenvalue weighted by Crippen LogP contribution is 2.43. The summed E-state index contributed by atoms with van der Waals surface area (Å²) in [5.41, 5.74) is 10.0. The Labute approximate surface area is 259 Å². The number of anilines is 2. The molecule has 0 aromatic heterocycles. The number of aryl methyl sites for hydroxylation is 1. The van der Waals surface area contributed by atoms with E-state index in [9.17, 15) is 0 Å². The normalized spacial score (nSPS) is 11.7. The number of azo groups is 2. The van der Waals surface area contributed by atoms with Gasteiger partial charge < -0.3 is 9.80 Å². The molecular weight excluding hydrogens is 540 g/mol. The molecule has 0 saturated carbocycles. The predicted molar refractivity (Wildman–Crippen MR) is 186 cm³/mol. The van der Waals surface area contributed by atoms with E-state index in [1.165, 1.54) is 0 Å². The summed E-state index contributed by atoms with van der Waals surface area (Å²) in [5, 5.41) is 23.3. The van der Waals surface area contributed by atoms with E-state index >= 15 is 0 Å². The van der Waals surface area contributed by atoms with Gasteiger partial charge in [-0.2, -0.15) is 10.2 Å². The van der Waals surface area contributed by atoms with Gasteiger partial charge >= 0.3 is 0 Å². The number of hydrogen-bond acceptors (Lipinski definition) is 6. The predicted octanol–water partition coefficient (Wildman–Crippen LogP) is 11.2. The fourth-order valence-corrected chi connectivity index (χ4v) is 5.55. The van der Waals surface area contributed by atoms with Crippen molar-refractivity contribution in [2.75, 3.05) is 38.0 Å². The van der Waals surface area contributed by atoms with Crippen molar-refractivity contribution in [1.29, 1.82) is 0 Å². The van der Waals surface area contributed by atoms with E-state index < -0.39 is 0 Å². The summed E-state index contributed by atoms with van der Waals surface area (Å²) in [6, 6.07) is 37.5. The fraction of sp³-hybridized carbons (Fsp3) is 0.158. The van der Waals surface area contributed by atoms with Crippen LogP contribution in [0.4, 0.5) is 34.1 Å². The van der Waals surface area contributed by atoms with Crippen LogP contribution in [-0.4, -0.2) is 28.2 Å². The Morgan fingerprint density at radius 3 is 1.52 bits per heavy atom. The van der Waals surface area contributed by atoms with E-state index in [1.54, 1.807) is 0 Å². The summed E-state index contributed by atoms with van der Waals surface area (Å²) in [7, 11) is 8.12. The van der Waals surface area contributed by atoms with Crippen LogP contribution in [0.5, 0.6) is 0 Å². The SMILES string of the molecule is Cc1cc(-c2cc3ccccc3c(N=Nc3ccc(N(C)C)cc3)c2C)c2ccccc2c1N=Nc1ccc(N(C)C)cc1. The van der Waals surface area contributed by atoms with Crippen LogP contribution < -0.4 is 9.80 Å². The summed E-state index contributed by atoms with van der Waals surface area (Å²) in [6.07, 6.45) is 0. The molecule has 0 radical (unpaired) electrons. The standard InChI is InChI=1S/C38H36N6/c1-25-23-36(33-13-9-10-14-34(33)37(25)41-39-28-15-19-30(20-16-28)43(3)4)35-24-27-11-7-8-12-32(27)38(26(35)2)42-40-29-17-21-31(22-18-29)44(5)6/h7-24H,1-6H3. The maximum Gasteiger partial charge on any atom is 0.0970 e. The molecule has 218 valence electrons. The number of hydrogen-bond donors (Lipinski definition) is 0. The minimum Gasteiger partial charge on any atom is -0.378 e. The smallest absolute Gasteiger partial charge is 0.0970 e. The lowest BCUT2D eigenvalue weighted by atomic mass is 9.89. The summed E-state index contributed by atoms with van der Waals surface area (Å²) >= 11 is 0. The van der Waals surface area contributed by atoms with Crippen LogP contribution >= 0.6 is 0 Å². The second-order valence-corrected chi connectivity index (χ2v) is 11.5. The Morgan fingerprint density at radius 2 is 0.955 bits per heavy atom. The molecule has 0 amide bonds. The maximum atomic E-state index is 4.84. The average molecular weight is 577 g/mol.